The number of H-pyrrole nitrogens is 1. The second-order valence-corrected chi connectivity index (χ2v) is 8.44. The van der Waals surface area contributed by atoms with Crippen LogP contribution in [0, 0.1) is 5.82 Å². The molecule has 0 saturated heterocycles. The van der Waals surface area contributed by atoms with E-state index in [1.54, 1.807) is 18.3 Å². The number of rotatable bonds is 5. The summed E-state index contributed by atoms with van der Waals surface area (Å²) in [4.78, 5) is 12.6. The summed E-state index contributed by atoms with van der Waals surface area (Å²) in [5, 5.41) is 10.5. The number of benzene rings is 3. The van der Waals surface area contributed by atoms with Crippen molar-refractivity contribution < 1.29 is 17.6 Å². The highest BCUT2D eigenvalue weighted by atomic mass is 35.5. The highest BCUT2D eigenvalue weighted by Crippen LogP contribution is 2.27. The van der Waals surface area contributed by atoms with Gasteiger partial charge in [-0.25, -0.2) is 12.8 Å². The first-order valence-electron chi connectivity index (χ1n) is 8.65. The summed E-state index contributed by atoms with van der Waals surface area (Å²) in [6, 6.07) is 13.9. The third-order valence-electron chi connectivity index (χ3n) is 4.32. The second-order valence-electron chi connectivity index (χ2n) is 6.35. The molecule has 3 N–H and O–H groups in total. The number of carbonyl (C=O) groups excluding carboxylic acids is 1. The molecule has 4 aromatic rings. The van der Waals surface area contributed by atoms with Gasteiger partial charge in [0, 0.05) is 10.9 Å². The molecule has 4 rings (SSSR count). The van der Waals surface area contributed by atoms with Gasteiger partial charge in [0.15, 0.2) is 0 Å². The van der Waals surface area contributed by atoms with Gasteiger partial charge in [0.1, 0.15) is 5.82 Å². The van der Waals surface area contributed by atoms with Gasteiger partial charge in [0.2, 0.25) is 0 Å². The number of hydrogen-bond donors (Lipinski definition) is 3. The maximum absolute atomic E-state index is 13.1. The minimum Gasteiger partial charge on any atom is -0.320 e. The largest absolute Gasteiger partial charge is 0.320 e. The number of hydrogen-bond acceptors (Lipinski definition) is 4. The molecule has 1 heterocycles. The maximum Gasteiger partial charge on any atom is 0.261 e. The molecular formula is C20H14ClFN4O3S. The standard InChI is InChI=1S/C20H14ClFN4O3S/c21-16-9-4-12(20(27)24-17-3-1-2-13-11-23-25-19(13)17)10-18(16)26-30(28,29)15-7-5-14(22)6-8-15/h1-11,26H,(H,23,25)(H,24,27). The monoisotopic (exact) mass is 444 g/mol. The summed E-state index contributed by atoms with van der Waals surface area (Å²) >= 11 is 6.11. The fourth-order valence-electron chi connectivity index (χ4n) is 2.83. The van der Waals surface area contributed by atoms with E-state index in [1.807, 2.05) is 6.07 Å². The Kier molecular flexibility index (Phi) is 5.15. The van der Waals surface area contributed by atoms with Crippen LogP contribution in [0.4, 0.5) is 15.8 Å². The molecule has 1 amide bonds. The number of nitrogens with one attached hydrogen (secondary N) is 3. The van der Waals surface area contributed by atoms with Crippen molar-refractivity contribution in [1.29, 1.82) is 0 Å². The molecule has 0 radical (unpaired) electrons. The topological polar surface area (TPSA) is 104 Å². The Hall–Kier alpha value is -3.43. The van der Waals surface area contributed by atoms with Gasteiger partial charge in [-0.1, -0.05) is 23.7 Å². The molecule has 0 aliphatic carbocycles. The van der Waals surface area contributed by atoms with E-state index in [0.717, 1.165) is 29.7 Å². The minimum atomic E-state index is -4.02. The van der Waals surface area contributed by atoms with E-state index < -0.39 is 21.7 Å². The normalized spacial score (nSPS) is 11.4. The molecule has 0 aliphatic heterocycles. The Bertz CT molecular complexity index is 1350. The summed E-state index contributed by atoms with van der Waals surface area (Å²) in [6.45, 7) is 0. The number of amides is 1. The van der Waals surface area contributed by atoms with Crippen molar-refractivity contribution in [3.8, 4) is 0 Å². The summed E-state index contributed by atoms with van der Waals surface area (Å²) in [5.74, 6) is -1.02. The Morgan fingerprint density at radius 2 is 1.80 bits per heavy atom. The molecule has 0 unspecified atom stereocenters. The van der Waals surface area contributed by atoms with E-state index in [9.17, 15) is 17.6 Å². The van der Waals surface area contributed by atoms with Crippen molar-refractivity contribution in [2.45, 2.75) is 4.90 Å². The zero-order valence-electron chi connectivity index (χ0n) is 15.2. The highest BCUT2D eigenvalue weighted by Gasteiger charge is 2.18. The van der Waals surface area contributed by atoms with E-state index >= 15 is 0 Å². The van der Waals surface area contributed by atoms with E-state index in [0.29, 0.717) is 11.2 Å². The predicted molar refractivity (Wildman–Crippen MR) is 113 cm³/mol. The third-order valence-corrected chi connectivity index (χ3v) is 6.03. The van der Waals surface area contributed by atoms with Gasteiger partial charge in [-0.15, -0.1) is 0 Å². The van der Waals surface area contributed by atoms with Gasteiger partial charge in [0.05, 0.1) is 33.0 Å². The van der Waals surface area contributed by atoms with Gasteiger partial charge >= 0.3 is 0 Å². The predicted octanol–water partition coefficient (Wildman–Crippen LogP) is 4.41. The Morgan fingerprint density at radius 1 is 1.03 bits per heavy atom. The van der Waals surface area contributed by atoms with E-state index in [-0.39, 0.29) is 21.2 Å². The molecule has 1 aromatic heterocycles. The lowest BCUT2D eigenvalue weighted by Gasteiger charge is -2.12. The van der Waals surface area contributed by atoms with Gasteiger partial charge in [-0.2, -0.15) is 5.10 Å². The zero-order valence-corrected chi connectivity index (χ0v) is 16.8. The number of aromatic nitrogens is 2. The number of anilines is 2. The van der Waals surface area contributed by atoms with Gasteiger partial charge in [-0.05, 0) is 48.5 Å². The first kappa shape index (κ1) is 19.9. The molecule has 0 aliphatic rings. The first-order chi connectivity index (χ1) is 14.3. The molecule has 0 saturated carbocycles. The average molecular weight is 445 g/mol. The molecule has 3 aromatic carbocycles. The van der Waals surface area contributed by atoms with Crippen molar-refractivity contribution in [3.05, 3.63) is 83.3 Å². The molecule has 7 nitrogen and oxygen atoms in total. The van der Waals surface area contributed by atoms with Crippen LogP contribution in [0.1, 0.15) is 10.4 Å². The van der Waals surface area contributed by atoms with Gasteiger partial charge in [-0.3, -0.25) is 14.6 Å². The highest BCUT2D eigenvalue weighted by molar-refractivity contribution is 7.92. The van der Waals surface area contributed by atoms with Crippen LogP contribution in [0.5, 0.6) is 0 Å². The van der Waals surface area contributed by atoms with Crippen LogP contribution in [-0.2, 0) is 10.0 Å². The van der Waals surface area contributed by atoms with E-state index in [2.05, 4.69) is 20.2 Å². The molecule has 0 spiro atoms. The smallest absolute Gasteiger partial charge is 0.261 e. The van der Waals surface area contributed by atoms with Crippen molar-refractivity contribution in [2.75, 3.05) is 10.0 Å². The van der Waals surface area contributed by atoms with Crippen LogP contribution < -0.4 is 10.0 Å². The molecule has 0 atom stereocenters. The van der Waals surface area contributed by atoms with Crippen LogP contribution in [0.25, 0.3) is 10.9 Å². The third kappa shape index (κ3) is 3.98. The number of halogens is 2. The van der Waals surface area contributed by atoms with Crippen LogP contribution in [-0.4, -0.2) is 24.5 Å². The number of fused-ring (bicyclic) bond motifs is 1. The fourth-order valence-corrected chi connectivity index (χ4v) is 4.12. The summed E-state index contributed by atoms with van der Waals surface area (Å²) in [6.07, 6.45) is 1.63. The molecule has 0 fully saturated rings. The number of sulfonamides is 1. The van der Waals surface area contributed by atoms with Crippen LogP contribution in [0.15, 0.2) is 71.8 Å². The van der Waals surface area contributed by atoms with Crippen LogP contribution in [0.3, 0.4) is 0 Å². The molecule has 152 valence electrons. The number of nitrogens with zero attached hydrogens (tertiary/aromatic N) is 1. The average Bonchev–Trinajstić information content (AvgIpc) is 3.20. The second kappa shape index (κ2) is 7.77. The van der Waals surface area contributed by atoms with Crippen LogP contribution in [0.2, 0.25) is 5.02 Å². The molecule has 30 heavy (non-hydrogen) atoms. The van der Waals surface area contributed by atoms with Gasteiger partial charge < -0.3 is 5.32 Å². The number of carbonyl (C=O) groups is 1. The zero-order chi connectivity index (χ0) is 21.3. The van der Waals surface area contributed by atoms with Crippen LogP contribution >= 0.6 is 11.6 Å². The van der Waals surface area contributed by atoms with Crippen molar-refractivity contribution in [3.63, 3.8) is 0 Å². The van der Waals surface area contributed by atoms with E-state index in [4.69, 9.17) is 11.6 Å². The first-order valence-corrected chi connectivity index (χ1v) is 10.5. The Labute approximate surface area is 175 Å². The minimum absolute atomic E-state index is 0.0217. The molecular weight excluding hydrogens is 431 g/mol. The summed E-state index contributed by atoms with van der Waals surface area (Å²) in [7, 11) is -4.02. The van der Waals surface area contributed by atoms with Crippen molar-refractivity contribution >= 4 is 49.8 Å². The fraction of sp³-hybridized carbons (Fsp3) is 0. The SMILES string of the molecule is O=C(Nc1cccc2cn[nH]c12)c1ccc(Cl)c(NS(=O)(=O)c2ccc(F)cc2)c1. The Morgan fingerprint density at radius 3 is 2.57 bits per heavy atom. The molecule has 0 bridgehead atoms. The van der Waals surface area contributed by atoms with Crippen molar-refractivity contribution in [2.24, 2.45) is 0 Å². The lowest BCUT2D eigenvalue weighted by Crippen LogP contribution is -2.15. The lowest BCUT2D eigenvalue weighted by atomic mass is 10.1. The number of para-hydroxylation sites is 1. The molecule has 10 heteroatoms. The number of aromatic amines is 1. The maximum atomic E-state index is 13.1. The Balaban J connectivity index is 1.60. The summed E-state index contributed by atoms with van der Waals surface area (Å²) in [5.41, 5.74) is 1.40. The van der Waals surface area contributed by atoms with Gasteiger partial charge in [0.25, 0.3) is 15.9 Å². The summed E-state index contributed by atoms with van der Waals surface area (Å²) < 4.78 is 40.5. The van der Waals surface area contributed by atoms with Crippen molar-refractivity contribution in [1.82, 2.24) is 10.2 Å². The quantitative estimate of drug-likeness (QED) is 0.424. The lowest BCUT2D eigenvalue weighted by molar-refractivity contribution is 0.102. The van der Waals surface area contributed by atoms with E-state index in [1.165, 1.54) is 18.2 Å².